The van der Waals surface area contributed by atoms with Gasteiger partial charge in [-0.05, 0) is 29.7 Å². The Bertz CT molecular complexity index is 579. The molecule has 0 saturated carbocycles. The molecule has 0 aliphatic heterocycles. The van der Waals surface area contributed by atoms with Crippen molar-refractivity contribution >= 4 is 23.2 Å². The Balaban J connectivity index is 2.13. The number of amides is 1. The molecule has 1 aromatic carbocycles. The van der Waals surface area contributed by atoms with Crippen LogP contribution in [0.4, 0.5) is 5.69 Å². The van der Waals surface area contributed by atoms with E-state index in [1.165, 1.54) is 11.8 Å². The molecule has 0 unspecified atom stereocenters. The topological polar surface area (TPSA) is 42.0 Å². The Morgan fingerprint density at radius 2 is 1.89 bits per heavy atom. The second-order valence-corrected chi connectivity index (χ2v) is 4.99. The summed E-state index contributed by atoms with van der Waals surface area (Å²) >= 11 is 5.93. The molecule has 1 N–H and O–H groups in total. The molecule has 19 heavy (non-hydrogen) atoms. The fraction of sp³-hybridized carbons (Fsp3) is 0.200. The molecule has 0 radical (unpaired) electrons. The third-order valence-corrected chi connectivity index (χ3v) is 3.15. The number of pyridine rings is 1. The van der Waals surface area contributed by atoms with Crippen LogP contribution in [0.15, 0.2) is 42.7 Å². The van der Waals surface area contributed by atoms with Crippen LogP contribution >= 0.6 is 11.6 Å². The lowest BCUT2D eigenvalue weighted by molar-refractivity contribution is 0.102. The molecule has 0 bridgehead atoms. The van der Waals surface area contributed by atoms with Gasteiger partial charge in [0.2, 0.25) is 0 Å². The smallest absolute Gasteiger partial charge is 0.257 e. The first-order chi connectivity index (χ1) is 9.08. The van der Waals surface area contributed by atoms with Crippen molar-refractivity contribution in [3.8, 4) is 0 Å². The number of nitrogens with zero attached hydrogens (tertiary/aromatic N) is 1. The molecule has 1 heterocycles. The maximum atomic E-state index is 12.0. The highest BCUT2D eigenvalue weighted by Gasteiger charge is 2.10. The maximum Gasteiger partial charge on any atom is 0.257 e. The van der Waals surface area contributed by atoms with Crippen LogP contribution in [0.5, 0.6) is 0 Å². The SMILES string of the molecule is CC(C)c1ccc(NC(=O)c2ccncc2Cl)cc1. The Labute approximate surface area is 117 Å². The third-order valence-electron chi connectivity index (χ3n) is 2.85. The van der Waals surface area contributed by atoms with Crippen LogP contribution in [0.2, 0.25) is 5.02 Å². The van der Waals surface area contributed by atoms with E-state index in [9.17, 15) is 4.79 Å². The highest BCUT2D eigenvalue weighted by atomic mass is 35.5. The van der Waals surface area contributed by atoms with Crippen molar-refractivity contribution in [1.82, 2.24) is 4.98 Å². The van der Waals surface area contributed by atoms with Crippen molar-refractivity contribution in [2.24, 2.45) is 0 Å². The van der Waals surface area contributed by atoms with Gasteiger partial charge in [0.05, 0.1) is 10.6 Å². The molecule has 0 saturated heterocycles. The largest absolute Gasteiger partial charge is 0.322 e. The van der Waals surface area contributed by atoms with Crippen molar-refractivity contribution in [3.63, 3.8) is 0 Å². The molecule has 1 aromatic heterocycles. The highest BCUT2D eigenvalue weighted by molar-refractivity contribution is 6.34. The predicted molar refractivity (Wildman–Crippen MR) is 77.7 cm³/mol. The van der Waals surface area contributed by atoms with Gasteiger partial charge in [0.15, 0.2) is 0 Å². The summed E-state index contributed by atoms with van der Waals surface area (Å²) in [5.74, 6) is 0.240. The summed E-state index contributed by atoms with van der Waals surface area (Å²) in [6, 6.07) is 9.40. The number of carbonyl (C=O) groups excluding carboxylic acids is 1. The highest BCUT2D eigenvalue weighted by Crippen LogP contribution is 2.19. The number of carbonyl (C=O) groups is 1. The van der Waals surface area contributed by atoms with Crippen molar-refractivity contribution in [1.29, 1.82) is 0 Å². The molecule has 1 amide bonds. The van der Waals surface area contributed by atoms with Gasteiger partial charge in [-0.15, -0.1) is 0 Å². The fourth-order valence-corrected chi connectivity index (χ4v) is 1.91. The van der Waals surface area contributed by atoms with Crippen LogP contribution in [-0.2, 0) is 0 Å². The summed E-state index contributed by atoms with van der Waals surface area (Å²) < 4.78 is 0. The minimum atomic E-state index is -0.232. The second kappa shape index (κ2) is 5.85. The Morgan fingerprint density at radius 1 is 1.21 bits per heavy atom. The van der Waals surface area contributed by atoms with E-state index in [1.54, 1.807) is 12.3 Å². The van der Waals surface area contributed by atoms with Crippen LogP contribution in [0.3, 0.4) is 0 Å². The molecular weight excluding hydrogens is 260 g/mol. The summed E-state index contributed by atoms with van der Waals surface area (Å²) in [6.07, 6.45) is 3.00. The normalized spacial score (nSPS) is 10.5. The zero-order valence-corrected chi connectivity index (χ0v) is 11.6. The van der Waals surface area contributed by atoms with Crippen LogP contribution in [-0.4, -0.2) is 10.9 Å². The van der Waals surface area contributed by atoms with E-state index < -0.39 is 0 Å². The number of aromatic nitrogens is 1. The van der Waals surface area contributed by atoms with E-state index in [1.807, 2.05) is 24.3 Å². The average Bonchev–Trinajstić information content (AvgIpc) is 2.39. The number of halogens is 1. The van der Waals surface area contributed by atoms with E-state index in [0.717, 1.165) is 5.69 Å². The molecule has 0 fully saturated rings. The zero-order chi connectivity index (χ0) is 13.8. The number of hydrogen-bond acceptors (Lipinski definition) is 2. The van der Waals surface area contributed by atoms with Gasteiger partial charge in [-0.3, -0.25) is 9.78 Å². The molecular formula is C15H15ClN2O. The van der Waals surface area contributed by atoms with Gasteiger partial charge in [0.25, 0.3) is 5.91 Å². The first-order valence-electron chi connectivity index (χ1n) is 6.08. The van der Waals surface area contributed by atoms with Gasteiger partial charge < -0.3 is 5.32 Å². The maximum absolute atomic E-state index is 12.0. The van der Waals surface area contributed by atoms with Crippen molar-refractivity contribution < 1.29 is 4.79 Å². The van der Waals surface area contributed by atoms with Crippen molar-refractivity contribution in [3.05, 3.63) is 58.9 Å². The van der Waals surface area contributed by atoms with Crippen molar-refractivity contribution in [2.45, 2.75) is 19.8 Å². The van der Waals surface area contributed by atoms with Gasteiger partial charge in [-0.2, -0.15) is 0 Å². The van der Waals surface area contributed by atoms with E-state index in [4.69, 9.17) is 11.6 Å². The number of rotatable bonds is 3. The monoisotopic (exact) mass is 274 g/mol. The van der Waals surface area contributed by atoms with Gasteiger partial charge in [-0.25, -0.2) is 0 Å². The fourth-order valence-electron chi connectivity index (χ4n) is 1.71. The summed E-state index contributed by atoms with van der Waals surface area (Å²) in [6.45, 7) is 4.26. The molecule has 3 nitrogen and oxygen atoms in total. The van der Waals surface area contributed by atoms with Crippen molar-refractivity contribution in [2.75, 3.05) is 5.32 Å². The van der Waals surface area contributed by atoms with E-state index in [0.29, 0.717) is 16.5 Å². The molecule has 98 valence electrons. The lowest BCUT2D eigenvalue weighted by Crippen LogP contribution is -2.12. The number of hydrogen-bond donors (Lipinski definition) is 1. The van der Waals surface area contributed by atoms with E-state index in [-0.39, 0.29) is 5.91 Å². The summed E-state index contributed by atoms with van der Waals surface area (Å²) in [5.41, 5.74) is 2.41. The van der Waals surface area contributed by atoms with E-state index in [2.05, 4.69) is 24.1 Å². The average molecular weight is 275 g/mol. The third kappa shape index (κ3) is 3.32. The number of anilines is 1. The Kier molecular flexibility index (Phi) is 4.17. The van der Waals surface area contributed by atoms with Gasteiger partial charge in [0, 0.05) is 18.1 Å². The minimum Gasteiger partial charge on any atom is -0.322 e. The van der Waals surface area contributed by atoms with Crippen LogP contribution < -0.4 is 5.32 Å². The summed E-state index contributed by atoms with van der Waals surface area (Å²) in [7, 11) is 0. The quantitative estimate of drug-likeness (QED) is 0.915. The lowest BCUT2D eigenvalue weighted by atomic mass is 10.0. The van der Waals surface area contributed by atoms with Gasteiger partial charge >= 0.3 is 0 Å². The number of benzene rings is 1. The van der Waals surface area contributed by atoms with Crippen LogP contribution in [0.1, 0.15) is 35.7 Å². The van der Waals surface area contributed by atoms with Crippen LogP contribution in [0, 0.1) is 0 Å². The molecule has 2 rings (SSSR count). The van der Waals surface area contributed by atoms with E-state index >= 15 is 0 Å². The Morgan fingerprint density at radius 3 is 2.47 bits per heavy atom. The standard InChI is InChI=1S/C15H15ClN2O/c1-10(2)11-3-5-12(6-4-11)18-15(19)13-7-8-17-9-14(13)16/h3-10H,1-2H3,(H,18,19). The molecule has 2 aromatic rings. The van der Waals surface area contributed by atoms with Gasteiger partial charge in [-0.1, -0.05) is 37.6 Å². The minimum absolute atomic E-state index is 0.232. The molecule has 0 aliphatic carbocycles. The predicted octanol–water partition coefficient (Wildman–Crippen LogP) is 4.11. The van der Waals surface area contributed by atoms with Gasteiger partial charge in [0.1, 0.15) is 0 Å². The summed E-state index contributed by atoms with van der Waals surface area (Å²) in [5, 5.41) is 3.16. The Hall–Kier alpha value is -1.87. The zero-order valence-electron chi connectivity index (χ0n) is 10.9. The first kappa shape index (κ1) is 13.6. The molecule has 0 atom stereocenters. The molecule has 0 aliphatic rings. The second-order valence-electron chi connectivity index (χ2n) is 4.59. The molecule has 4 heteroatoms. The lowest BCUT2D eigenvalue weighted by Gasteiger charge is -2.09. The van der Waals surface area contributed by atoms with Crippen LogP contribution in [0.25, 0.3) is 0 Å². The first-order valence-corrected chi connectivity index (χ1v) is 6.46. The number of nitrogens with one attached hydrogen (secondary N) is 1. The molecule has 0 spiro atoms. The summed E-state index contributed by atoms with van der Waals surface area (Å²) in [4.78, 5) is 15.9.